The number of hydrogen-bond acceptors (Lipinski definition) is 2. The lowest BCUT2D eigenvalue weighted by Gasteiger charge is -2.08. The Labute approximate surface area is 72.0 Å². The maximum absolute atomic E-state index is 11.2. The first-order valence-electron chi connectivity index (χ1n) is 3.72. The van der Waals surface area contributed by atoms with Crippen LogP contribution in [0.2, 0.25) is 0 Å². The van der Waals surface area contributed by atoms with Crippen LogP contribution in [0.3, 0.4) is 0 Å². The maximum atomic E-state index is 11.2. The number of carbonyl (C=O) groups is 1. The number of amides is 1. The third-order valence-electron chi connectivity index (χ3n) is 1.51. The van der Waals surface area contributed by atoms with Crippen LogP contribution in [-0.4, -0.2) is 29.9 Å². The molecule has 0 aliphatic heterocycles. The van der Waals surface area contributed by atoms with Crippen molar-refractivity contribution in [3.63, 3.8) is 0 Å². The van der Waals surface area contributed by atoms with Crippen molar-refractivity contribution in [1.29, 1.82) is 0 Å². The second-order valence-electron chi connectivity index (χ2n) is 2.74. The van der Waals surface area contributed by atoms with Crippen molar-refractivity contribution in [1.82, 2.24) is 9.88 Å². The van der Waals surface area contributed by atoms with Crippen molar-refractivity contribution in [2.45, 2.75) is 6.42 Å². The van der Waals surface area contributed by atoms with Gasteiger partial charge in [-0.25, -0.2) is 0 Å². The van der Waals surface area contributed by atoms with Crippen LogP contribution in [0.25, 0.3) is 0 Å². The number of pyridine rings is 1. The minimum absolute atomic E-state index is 0.0688. The van der Waals surface area contributed by atoms with Gasteiger partial charge in [0.1, 0.15) is 0 Å². The molecule has 0 fully saturated rings. The summed E-state index contributed by atoms with van der Waals surface area (Å²) < 4.78 is 0. The highest BCUT2D eigenvalue weighted by Gasteiger charge is 2.04. The van der Waals surface area contributed by atoms with E-state index in [1.807, 2.05) is 6.07 Å². The van der Waals surface area contributed by atoms with Gasteiger partial charge in [-0.05, 0) is 11.6 Å². The lowest BCUT2D eigenvalue weighted by atomic mass is 10.2. The summed E-state index contributed by atoms with van der Waals surface area (Å²) in [5.41, 5.74) is 0.830. The zero-order valence-electron chi connectivity index (χ0n) is 7.24. The Morgan fingerprint density at radius 3 is 2.92 bits per heavy atom. The standard InChI is InChI=1S/C9H11N2O/c1-11(2)9(12)6-8-4-3-5-10-7-8/h3-5H,6H2,1-2H3. The van der Waals surface area contributed by atoms with Crippen molar-refractivity contribution >= 4 is 5.91 Å². The van der Waals surface area contributed by atoms with Gasteiger partial charge in [-0.2, -0.15) is 0 Å². The van der Waals surface area contributed by atoms with Gasteiger partial charge < -0.3 is 4.90 Å². The van der Waals surface area contributed by atoms with E-state index < -0.39 is 0 Å². The highest BCUT2D eigenvalue weighted by atomic mass is 16.2. The van der Waals surface area contributed by atoms with Crippen LogP contribution in [0.1, 0.15) is 5.56 Å². The van der Waals surface area contributed by atoms with Gasteiger partial charge in [0.2, 0.25) is 5.91 Å². The number of aromatic nitrogens is 1. The predicted molar refractivity (Wildman–Crippen MR) is 45.5 cm³/mol. The molecule has 12 heavy (non-hydrogen) atoms. The molecule has 0 atom stereocenters. The summed E-state index contributed by atoms with van der Waals surface area (Å²) in [6.07, 6.45) is 4.77. The van der Waals surface area contributed by atoms with Crippen molar-refractivity contribution in [3.8, 4) is 0 Å². The second kappa shape index (κ2) is 3.85. The number of nitrogens with zero attached hydrogens (tertiary/aromatic N) is 2. The summed E-state index contributed by atoms with van der Waals surface area (Å²) in [4.78, 5) is 16.5. The van der Waals surface area contributed by atoms with Crippen LogP contribution in [0.15, 0.2) is 18.3 Å². The monoisotopic (exact) mass is 163 g/mol. The Bertz CT molecular complexity index is 256. The Kier molecular flexibility index (Phi) is 2.80. The van der Waals surface area contributed by atoms with Gasteiger partial charge >= 0.3 is 0 Å². The molecule has 1 aromatic rings. The molecule has 0 spiro atoms. The van der Waals surface area contributed by atoms with Crippen LogP contribution in [0.4, 0.5) is 0 Å². The van der Waals surface area contributed by atoms with E-state index in [-0.39, 0.29) is 5.91 Å². The predicted octanol–water partition coefficient (Wildman–Crippen LogP) is 0.512. The molecule has 3 heteroatoms. The molecule has 3 nitrogen and oxygen atoms in total. The molecule has 0 unspecified atom stereocenters. The van der Waals surface area contributed by atoms with Gasteiger partial charge in [-0.1, -0.05) is 6.07 Å². The molecule has 63 valence electrons. The average Bonchev–Trinajstić information content (AvgIpc) is 2.06. The van der Waals surface area contributed by atoms with Gasteiger partial charge in [0, 0.05) is 20.3 Å². The fourth-order valence-electron chi connectivity index (χ4n) is 0.779. The number of rotatable bonds is 2. The molecule has 0 bridgehead atoms. The summed E-state index contributed by atoms with van der Waals surface area (Å²) in [5.74, 6) is 0.0688. The third kappa shape index (κ3) is 2.34. The molecular formula is C9H11N2O. The Morgan fingerprint density at radius 2 is 2.42 bits per heavy atom. The van der Waals surface area contributed by atoms with E-state index in [4.69, 9.17) is 0 Å². The number of hydrogen-bond donors (Lipinski definition) is 0. The molecule has 1 heterocycles. The van der Waals surface area contributed by atoms with Crippen LogP contribution in [0, 0.1) is 6.20 Å². The van der Waals surface area contributed by atoms with Crippen LogP contribution >= 0.6 is 0 Å². The fraction of sp³-hybridized carbons (Fsp3) is 0.333. The van der Waals surface area contributed by atoms with Gasteiger partial charge in [0.05, 0.1) is 12.6 Å². The average molecular weight is 163 g/mol. The number of likely N-dealkylation sites (N-methyl/N-ethyl adjacent to an activating group) is 1. The fourth-order valence-corrected chi connectivity index (χ4v) is 0.779. The quantitative estimate of drug-likeness (QED) is 0.636. The molecule has 1 rings (SSSR count). The normalized spacial score (nSPS) is 9.50. The van der Waals surface area contributed by atoms with E-state index in [1.165, 1.54) is 0 Å². The molecule has 0 aliphatic carbocycles. The minimum Gasteiger partial charge on any atom is -0.349 e. The molecule has 1 radical (unpaired) electrons. The lowest BCUT2D eigenvalue weighted by Crippen LogP contribution is -2.23. The first kappa shape index (κ1) is 8.71. The summed E-state index contributed by atoms with van der Waals surface area (Å²) in [7, 11) is 3.47. The molecular weight excluding hydrogens is 152 g/mol. The third-order valence-corrected chi connectivity index (χ3v) is 1.51. The molecule has 0 N–H and O–H groups in total. The van der Waals surface area contributed by atoms with Gasteiger partial charge in [-0.3, -0.25) is 9.78 Å². The van der Waals surface area contributed by atoms with E-state index in [0.29, 0.717) is 6.42 Å². The van der Waals surface area contributed by atoms with E-state index in [0.717, 1.165) is 5.56 Å². The summed E-state index contributed by atoms with van der Waals surface area (Å²) in [5, 5.41) is 0. The van der Waals surface area contributed by atoms with E-state index in [9.17, 15) is 4.79 Å². The van der Waals surface area contributed by atoms with Gasteiger partial charge in [-0.15, -0.1) is 0 Å². The zero-order valence-corrected chi connectivity index (χ0v) is 7.24. The maximum Gasteiger partial charge on any atom is 0.226 e. The first-order chi connectivity index (χ1) is 5.70. The van der Waals surface area contributed by atoms with Crippen molar-refractivity contribution in [2.75, 3.05) is 14.1 Å². The largest absolute Gasteiger partial charge is 0.349 e. The van der Waals surface area contributed by atoms with Crippen LogP contribution in [-0.2, 0) is 11.2 Å². The topological polar surface area (TPSA) is 33.2 Å². The Balaban J connectivity index is 2.59. The minimum atomic E-state index is 0.0688. The van der Waals surface area contributed by atoms with E-state index in [1.54, 1.807) is 31.3 Å². The SMILES string of the molecule is CN(C)C(=O)Cc1[c]nccc1. The molecule has 0 aliphatic rings. The molecule has 1 amide bonds. The second-order valence-corrected chi connectivity index (χ2v) is 2.74. The molecule has 1 aromatic heterocycles. The zero-order chi connectivity index (χ0) is 8.97. The van der Waals surface area contributed by atoms with Gasteiger partial charge in [0.15, 0.2) is 0 Å². The van der Waals surface area contributed by atoms with E-state index >= 15 is 0 Å². The summed E-state index contributed by atoms with van der Waals surface area (Å²) in [6.45, 7) is 0. The smallest absolute Gasteiger partial charge is 0.226 e. The highest BCUT2D eigenvalue weighted by Crippen LogP contribution is 1.97. The first-order valence-corrected chi connectivity index (χ1v) is 3.72. The summed E-state index contributed by atoms with van der Waals surface area (Å²) in [6, 6.07) is 3.64. The number of carbonyl (C=O) groups excluding carboxylic acids is 1. The lowest BCUT2D eigenvalue weighted by molar-refractivity contribution is -0.127. The van der Waals surface area contributed by atoms with Gasteiger partial charge in [0.25, 0.3) is 0 Å². The van der Waals surface area contributed by atoms with Crippen LogP contribution < -0.4 is 0 Å². The highest BCUT2D eigenvalue weighted by molar-refractivity contribution is 5.77. The van der Waals surface area contributed by atoms with Crippen molar-refractivity contribution in [2.24, 2.45) is 0 Å². The summed E-state index contributed by atoms with van der Waals surface area (Å²) >= 11 is 0. The van der Waals surface area contributed by atoms with E-state index in [2.05, 4.69) is 11.2 Å². The van der Waals surface area contributed by atoms with Crippen molar-refractivity contribution < 1.29 is 4.79 Å². The molecule has 0 saturated carbocycles. The van der Waals surface area contributed by atoms with Crippen molar-refractivity contribution in [3.05, 3.63) is 30.1 Å². The molecule has 0 saturated heterocycles. The Hall–Kier alpha value is -1.38. The van der Waals surface area contributed by atoms with Crippen LogP contribution in [0.5, 0.6) is 0 Å². The molecule has 0 aromatic carbocycles. The Morgan fingerprint density at radius 1 is 1.67 bits per heavy atom.